The Balaban J connectivity index is 0.000000194. The van der Waals surface area contributed by atoms with Crippen LogP contribution in [0.5, 0.6) is 0 Å². The number of nitrogens with one attached hydrogen (secondary N) is 2. The van der Waals surface area contributed by atoms with Crippen molar-refractivity contribution in [2.75, 3.05) is 59.7 Å². The summed E-state index contributed by atoms with van der Waals surface area (Å²) in [6, 6.07) is 9.94. The second kappa shape index (κ2) is 23.0. The van der Waals surface area contributed by atoms with E-state index in [1.165, 1.54) is 58.9 Å². The topological polar surface area (TPSA) is 247 Å². The number of anilines is 4. The monoisotopic (exact) mass is 1120 g/mol. The SMILES string of the molecule is CC(C)(O)[C@H](F)CN1Cc2cc(NC(=O)c3cnn4cccnc34)c(N3CCC([C@@H](O)C(F)F)CC3)cc2C1=O.CC(C)(O)[C@H](F)CN1Cc2cc(NC(=O)c3cnn4cccnc34)c(N3CCC([C@H](O)C(F)F)CC3)cc2C1=O. The summed E-state index contributed by atoms with van der Waals surface area (Å²) in [6.45, 7) is 6.18. The minimum Gasteiger partial charge on any atom is -0.387 e. The van der Waals surface area contributed by atoms with Crippen LogP contribution in [0, 0.1) is 11.8 Å². The fourth-order valence-electron chi connectivity index (χ4n) is 10.4. The Labute approximate surface area is 455 Å². The number of amides is 4. The molecule has 20 nitrogen and oxygen atoms in total. The number of aliphatic hydroxyl groups is 4. The number of benzene rings is 2. The van der Waals surface area contributed by atoms with Crippen LogP contribution in [0.1, 0.15) is 106 Å². The van der Waals surface area contributed by atoms with E-state index in [1.807, 2.05) is 9.80 Å². The second-order valence-electron chi connectivity index (χ2n) is 21.8. The molecule has 4 aromatic heterocycles. The van der Waals surface area contributed by atoms with Crippen LogP contribution in [0.2, 0.25) is 0 Å². The molecule has 10 rings (SSSR count). The minimum absolute atomic E-state index is 0.0920. The highest BCUT2D eigenvalue weighted by Gasteiger charge is 2.40. The third-order valence-electron chi connectivity index (χ3n) is 15.3. The standard InChI is InChI=1S/2C27H31F3N6O4/c2*1-27(2,40)21(28)14-35-13-16-10-19(33-25(38)18-12-32-36-7-3-6-31-24(18)36)20(11-17(16)26(35)39)34-8-4-15(5-9-34)22(37)23(29)30/h2*3,6-7,10-12,15,21-23,37,40H,4-5,8-9,13-14H2,1-2H3,(H,33,38)/t21-,22+;21-,22-/m11/s1. The smallest absolute Gasteiger partial charge is 0.264 e. The number of nitrogens with zero attached hydrogens (tertiary/aromatic N) is 10. The molecular formula is C54H62F6N12O8. The van der Waals surface area contributed by atoms with Crippen LogP contribution in [-0.4, -0.2) is 171 Å². The maximum absolute atomic E-state index is 14.6. The summed E-state index contributed by atoms with van der Waals surface area (Å²) in [4.78, 5) is 67.9. The lowest BCUT2D eigenvalue weighted by Gasteiger charge is -2.36. The van der Waals surface area contributed by atoms with Gasteiger partial charge in [0.05, 0.1) is 59.4 Å². The molecule has 0 radical (unpaired) electrons. The van der Waals surface area contributed by atoms with E-state index in [4.69, 9.17) is 0 Å². The number of halogens is 6. The molecular weight excluding hydrogens is 1060 g/mol. The third kappa shape index (κ3) is 12.0. The van der Waals surface area contributed by atoms with Crippen molar-refractivity contribution in [3.05, 3.63) is 107 Å². The van der Waals surface area contributed by atoms with Gasteiger partial charge in [0, 0.05) is 75.2 Å². The van der Waals surface area contributed by atoms with Gasteiger partial charge in [-0.15, -0.1) is 0 Å². The van der Waals surface area contributed by atoms with E-state index < -0.39 is 84.1 Å². The number of hydrogen-bond acceptors (Lipinski definition) is 14. The Morgan fingerprint density at radius 1 is 0.613 bits per heavy atom. The van der Waals surface area contributed by atoms with E-state index in [-0.39, 0.29) is 37.3 Å². The Morgan fingerprint density at radius 3 is 1.31 bits per heavy atom. The van der Waals surface area contributed by atoms with Crippen LogP contribution < -0.4 is 20.4 Å². The maximum atomic E-state index is 14.6. The molecule has 2 fully saturated rings. The zero-order valence-corrected chi connectivity index (χ0v) is 44.2. The first-order chi connectivity index (χ1) is 37.9. The number of hydrogen-bond donors (Lipinski definition) is 6. The number of aromatic nitrogens is 6. The van der Waals surface area contributed by atoms with Crippen molar-refractivity contribution >= 4 is 57.7 Å². The second-order valence-corrected chi connectivity index (χ2v) is 21.8. The van der Waals surface area contributed by atoms with Gasteiger partial charge in [0.15, 0.2) is 11.3 Å². The van der Waals surface area contributed by atoms with Crippen molar-refractivity contribution < 1.29 is 65.9 Å². The summed E-state index contributed by atoms with van der Waals surface area (Å²) in [7, 11) is 0. The zero-order chi connectivity index (χ0) is 57.5. The molecule has 4 aliphatic rings. The number of piperidine rings is 2. The minimum atomic E-state index is -2.84. The number of aliphatic hydroxyl groups excluding tert-OH is 2. The van der Waals surface area contributed by atoms with E-state index in [1.54, 1.807) is 61.2 Å². The van der Waals surface area contributed by atoms with E-state index in [0.717, 1.165) is 0 Å². The number of carbonyl (C=O) groups excluding carboxylic acids is 4. The number of rotatable bonds is 16. The lowest BCUT2D eigenvalue weighted by Crippen LogP contribution is -2.42. The summed E-state index contributed by atoms with van der Waals surface area (Å²) in [5, 5.41) is 53.8. The zero-order valence-electron chi connectivity index (χ0n) is 44.2. The average Bonchev–Trinajstić information content (AvgIpc) is 4.24. The van der Waals surface area contributed by atoms with Gasteiger partial charge in [-0.1, -0.05) is 0 Å². The van der Waals surface area contributed by atoms with Crippen molar-refractivity contribution in [2.24, 2.45) is 11.8 Å². The molecule has 2 saturated heterocycles. The molecule has 26 heteroatoms. The molecule has 0 bridgehead atoms. The molecule has 6 aromatic rings. The lowest BCUT2D eigenvalue weighted by atomic mass is 9.91. The largest absolute Gasteiger partial charge is 0.387 e. The molecule has 0 saturated carbocycles. The number of alkyl halides is 6. The molecule has 80 heavy (non-hydrogen) atoms. The van der Waals surface area contributed by atoms with Crippen LogP contribution in [0.4, 0.5) is 49.1 Å². The fraction of sp³-hybridized carbons (Fsp3) is 0.481. The summed E-state index contributed by atoms with van der Waals surface area (Å²) >= 11 is 0. The summed E-state index contributed by atoms with van der Waals surface area (Å²) < 4.78 is 84.5. The van der Waals surface area contributed by atoms with Crippen molar-refractivity contribution in [1.29, 1.82) is 0 Å². The van der Waals surface area contributed by atoms with Gasteiger partial charge in [-0.2, -0.15) is 10.2 Å². The Hall–Kier alpha value is -7.42. The molecule has 0 spiro atoms. The fourth-order valence-corrected chi connectivity index (χ4v) is 10.4. The highest BCUT2D eigenvalue weighted by atomic mass is 19.3. The normalized spacial score (nSPS) is 17.9. The predicted molar refractivity (Wildman–Crippen MR) is 281 cm³/mol. The average molecular weight is 1120 g/mol. The molecule has 2 aromatic carbocycles. The Morgan fingerprint density at radius 2 is 0.975 bits per heavy atom. The van der Waals surface area contributed by atoms with Gasteiger partial charge in [0.25, 0.3) is 36.5 Å². The Bertz CT molecular complexity index is 3050. The summed E-state index contributed by atoms with van der Waals surface area (Å²) in [6.07, 6.45) is -2.09. The van der Waals surface area contributed by atoms with E-state index in [0.29, 0.717) is 108 Å². The van der Waals surface area contributed by atoms with Crippen LogP contribution in [0.15, 0.2) is 73.6 Å². The molecule has 4 aliphatic heterocycles. The first kappa shape index (κ1) is 57.3. The maximum Gasteiger partial charge on any atom is 0.264 e. The van der Waals surface area contributed by atoms with Gasteiger partial charge < -0.3 is 50.7 Å². The van der Waals surface area contributed by atoms with E-state index >= 15 is 0 Å². The predicted octanol–water partition coefficient (Wildman–Crippen LogP) is 5.78. The highest BCUT2D eigenvalue weighted by molar-refractivity contribution is 6.11. The van der Waals surface area contributed by atoms with Gasteiger partial charge in [-0.3, -0.25) is 19.2 Å². The molecule has 4 atom stereocenters. The van der Waals surface area contributed by atoms with Crippen molar-refractivity contribution in [3.63, 3.8) is 0 Å². The van der Waals surface area contributed by atoms with E-state index in [9.17, 15) is 65.9 Å². The number of carbonyl (C=O) groups is 4. The molecule has 428 valence electrons. The Kier molecular flexibility index (Phi) is 16.4. The summed E-state index contributed by atoms with van der Waals surface area (Å²) in [5.41, 5.74) is 1.53. The van der Waals surface area contributed by atoms with Gasteiger partial charge in [0.2, 0.25) is 0 Å². The van der Waals surface area contributed by atoms with Gasteiger partial charge >= 0.3 is 0 Å². The van der Waals surface area contributed by atoms with E-state index in [2.05, 4.69) is 30.8 Å². The van der Waals surface area contributed by atoms with Crippen molar-refractivity contribution in [1.82, 2.24) is 39.0 Å². The van der Waals surface area contributed by atoms with Crippen LogP contribution in [0.25, 0.3) is 11.3 Å². The first-order valence-electron chi connectivity index (χ1n) is 26.1. The lowest BCUT2D eigenvalue weighted by molar-refractivity contribution is -0.0441. The number of fused-ring (bicyclic) bond motifs is 4. The van der Waals surface area contributed by atoms with Gasteiger partial charge in [-0.25, -0.2) is 45.3 Å². The first-order valence-corrected chi connectivity index (χ1v) is 26.1. The third-order valence-corrected chi connectivity index (χ3v) is 15.3. The van der Waals surface area contributed by atoms with Crippen LogP contribution in [-0.2, 0) is 13.1 Å². The van der Waals surface area contributed by atoms with Gasteiger partial charge in [0.1, 0.15) is 35.7 Å². The molecule has 8 heterocycles. The van der Waals surface area contributed by atoms with Crippen LogP contribution >= 0.6 is 0 Å². The molecule has 4 amide bonds. The summed E-state index contributed by atoms with van der Waals surface area (Å²) in [5.74, 6) is -2.93. The molecule has 6 N–H and O–H groups in total. The van der Waals surface area contributed by atoms with Crippen LogP contribution in [0.3, 0.4) is 0 Å². The van der Waals surface area contributed by atoms with Crippen molar-refractivity contribution in [3.8, 4) is 0 Å². The highest BCUT2D eigenvalue weighted by Crippen LogP contribution is 2.40. The quantitative estimate of drug-likeness (QED) is 0.0630. The van der Waals surface area contributed by atoms with Gasteiger partial charge in [-0.05, 0) is 113 Å². The van der Waals surface area contributed by atoms with Crippen molar-refractivity contribution in [2.45, 2.75) is 115 Å². The molecule has 0 aliphatic carbocycles. The molecule has 0 unspecified atom stereocenters.